The van der Waals surface area contributed by atoms with E-state index < -0.39 is 0 Å². The van der Waals surface area contributed by atoms with E-state index in [1.807, 2.05) is 0 Å². The highest BCUT2D eigenvalue weighted by Crippen LogP contribution is 2.25. The van der Waals surface area contributed by atoms with Gasteiger partial charge in [0.2, 0.25) is 0 Å². The average Bonchev–Trinajstić information content (AvgIpc) is 4.09. The molecule has 8 nitrogen and oxygen atoms in total. The second-order valence-electron chi connectivity index (χ2n) is 15.8. The average molecular weight is 767 g/mol. The van der Waals surface area contributed by atoms with Crippen LogP contribution in [0.15, 0.2) is 97.1 Å². The van der Waals surface area contributed by atoms with Crippen molar-refractivity contribution < 1.29 is 18.4 Å². The van der Waals surface area contributed by atoms with Gasteiger partial charge in [-0.25, -0.2) is 0 Å². The monoisotopic (exact) mass is 766 g/mol. The van der Waals surface area contributed by atoms with E-state index >= 15 is 0 Å². The van der Waals surface area contributed by atoms with Gasteiger partial charge in [-0.05, 0) is 131 Å². The molecule has 5 heterocycles. The van der Waals surface area contributed by atoms with Crippen LogP contribution in [0.2, 0.25) is 0 Å². The molecule has 0 atom stereocenters. The smallest absolute Gasteiger partial charge is 0.119 e. The SMILES string of the molecule is CC[N+](C)(CC)CCCOc1ccc(C2=c3ccc([nH]3)=Cc3ccc([nH]3)C(c3ccc(OCCC[N+](CC)(CC)CC)cc3)=c3ccc([nH]3)=Cc3ccc2[nH]3)cc1. The molecule has 0 spiro atoms. The van der Waals surface area contributed by atoms with Crippen molar-refractivity contribution >= 4 is 23.3 Å². The largest absolute Gasteiger partial charge is 0.493 e. The molecule has 0 saturated carbocycles. The van der Waals surface area contributed by atoms with Crippen LogP contribution in [-0.4, -0.2) is 95.0 Å². The van der Waals surface area contributed by atoms with E-state index in [1.165, 1.54) is 0 Å². The van der Waals surface area contributed by atoms with E-state index in [1.54, 1.807) is 0 Å². The zero-order valence-corrected chi connectivity index (χ0v) is 34.9. The maximum atomic E-state index is 6.24. The maximum Gasteiger partial charge on any atom is 0.119 e. The lowest BCUT2D eigenvalue weighted by molar-refractivity contribution is -0.923. The lowest BCUT2D eigenvalue weighted by Crippen LogP contribution is -2.48. The first-order valence-electron chi connectivity index (χ1n) is 21.1. The van der Waals surface area contributed by atoms with Crippen molar-refractivity contribution in [3.05, 3.63) is 152 Å². The highest BCUT2D eigenvalue weighted by molar-refractivity contribution is 5.79. The zero-order valence-electron chi connectivity index (χ0n) is 34.9. The van der Waals surface area contributed by atoms with Gasteiger partial charge in [-0.15, -0.1) is 0 Å². The summed E-state index contributed by atoms with van der Waals surface area (Å²) in [6, 6.07) is 34.3. The molecule has 0 saturated heterocycles. The fourth-order valence-corrected chi connectivity index (χ4v) is 8.16. The summed E-state index contributed by atoms with van der Waals surface area (Å²) in [4.78, 5) is 14.8. The predicted octanol–water partition coefficient (Wildman–Crippen LogP) is 6.37. The van der Waals surface area contributed by atoms with Gasteiger partial charge in [0.25, 0.3) is 0 Å². The molecule has 0 unspecified atom stereocenters. The van der Waals surface area contributed by atoms with Crippen LogP contribution in [-0.2, 0) is 0 Å². The number of hydrogen-bond donors (Lipinski definition) is 4. The molecule has 57 heavy (non-hydrogen) atoms. The lowest BCUT2D eigenvalue weighted by atomic mass is 10.0. The second kappa shape index (κ2) is 17.8. The zero-order chi connectivity index (χ0) is 39.8. The summed E-state index contributed by atoms with van der Waals surface area (Å²) < 4.78 is 14.6. The lowest BCUT2D eigenvalue weighted by Gasteiger charge is -2.35. The van der Waals surface area contributed by atoms with Crippen molar-refractivity contribution in [3.8, 4) is 11.5 Å². The highest BCUT2D eigenvalue weighted by atomic mass is 16.5. The van der Waals surface area contributed by atoms with Crippen LogP contribution in [0.5, 0.6) is 11.5 Å². The van der Waals surface area contributed by atoms with Crippen molar-refractivity contribution in [2.45, 2.75) is 47.5 Å². The molecule has 8 heteroatoms. The molecule has 2 aromatic carbocycles. The Bertz CT molecular complexity index is 2460. The van der Waals surface area contributed by atoms with Gasteiger partial charge in [0, 0.05) is 68.2 Å². The summed E-state index contributed by atoms with van der Waals surface area (Å²) in [5.74, 6) is 1.80. The maximum absolute atomic E-state index is 6.24. The van der Waals surface area contributed by atoms with Crippen LogP contribution < -0.4 is 30.9 Å². The molecule has 8 bridgehead atoms. The van der Waals surface area contributed by atoms with Gasteiger partial charge in [-0.3, -0.25) is 0 Å². The Balaban J connectivity index is 1.17. The number of nitrogens with one attached hydrogen (secondary N) is 4. The first-order chi connectivity index (χ1) is 27.8. The number of aromatic amines is 4. The van der Waals surface area contributed by atoms with Gasteiger partial charge >= 0.3 is 0 Å². The van der Waals surface area contributed by atoms with Gasteiger partial charge < -0.3 is 38.4 Å². The third kappa shape index (κ3) is 9.25. The second-order valence-corrected chi connectivity index (χ2v) is 15.8. The molecular weight excluding hydrogens is 705 g/mol. The fraction of sp³-hybridized carbons (Fsp3) is 0.347. The van der Waals surface area contributed by atoms with Crippen molar-refractivity contribution in [3.63, 3.8) is 0 Å². The molecule has 6 aromatic rings. The number of quaternary nitrogens is 2. The molecule has 7 rings (SSSR count). The molecule has 1 aliphatic rings. The first kappa shape index (κ1) is 39.8. The van der Waals surface area contributed by atoms with Crippen molar-refractivity contribution in [1.29, 1.82) is 0 Å². The predicted molar refractivity (Wildman–Crippen MR) is 234 cm³/mol. The van der Waals surface area contributed by atoms with Gasteiger partial charge in [0.1, 0.15) is 11.5 Å². The molecule has 0 fully saturated rings. The van der Waals surface area contributed by atoms with Crippen molar-refractivity contribution in [2.75, 3.05) is 66.1 Å². The quantitative estimate of drug-likeness (QED) is 0.0643. The number of H-pyrrole nitrogens is 4. The minimum absolute atomic E-state index is 0.717. The number of fused-ring (bicyclic) bond motifs is 8. The molecular formula is C49H62N6O2+2. The molecule has 4 N–H and O–H groups in total. The summed E-state index contributed by atoms with van der Waals surface area (Å²) in [6.07, 6.45) is 6.41. The van der Waals surface area contributed by atoms with Gasteiger partial charge in [0.05, 0.1) is 66.1 Å². The van der Waals surface area contributed by atoms with E-state index in [2.05, 4.69) is 171 Å². The minimum Gasteiger partial charge on any atom is -0.493 e. The van der Waals surface area contributed by atoms with Crippen molar-refractivity contribution in [2.24, 2.45) is 0 Å². The van der Waals surface area contributed by atoms with Gasteiger partial charge in [0.15, 0.2) is 0 Å². The summed E-state index contributed by atoms with van der Waals surface area (Å²) in [5.41, 5.74) is 8.53. The Labute approximate surface area is 338 Å². The Hall–Kier alpha value is -5.44. The Morgan fingerprint density at radius 1 is 0.456 bits per heavy atom. The Morgan fingerprint density at radius 2 is 0.895 bits per heavy atom. The number of nitrogens with zero attached hydrogens (tertiary/aromatic N) is 2. The third-order valence-electron chi connectivity index (χ3n) is 12.5. The molecule has 298 valence electrons. The summed E-state index contributed by atoms with van der Waals surface area (Å²) in [6.45, 7) is 20.9. The number of hydrogen-bond acceptors (Lipinski definition) is 2. The van der Waals surface area contributed by atoms with E-state index in [4.69, 9.17) is 9.47 Å². The number of benzene rings is 2. The number of aromatic nitrogens is 4. The third-order valence-corrected chi connectivity index (χ3v) is 12.5. The standard InChI is InChI=1S/C49H62N6O2/c1-7-54(6,8-2)30-12-32-56-42-22-14-36(15-23-42)48-44-26-18-38(50-44)34-40-20-28-46(52-40)49(47-29-21-41(53-47)35-39-19-27-45(48)51-39)37-16-24-43(25-17-37)57-33-13-31-55(9-3,10-4)11-5/h14-29,34-35,50-53H,7-13,30-33H2,1-6H3/q+2. The molecule has 0 aliphatic carbocycles. The number of ether oxygens (including phenoxy) is 2. The van der Waals surface area contributed by atoms with Crippen LogP contribution >= 0.6 is 0 Å². The van der Waals surface area contributed by atoms with Crippen LogP contribution in [0.1, 0.15) is 81.4 Å². The first-order valence-corrected chi connectivity index (χ1v) is 21.1. The van der Waals surface area contributed by atoms with Crippen molar-refractivity contribution in [1.82, 2.24) is 19.9 Å². The molecule has 4 aromatic heterocycles. The normalized spacial score (nSPS) is 13.0. The minimum atomic E-state index is 0.717. The van der Waals surface area contributed by atoms with E-state index in [9.17, 15) is 0 Å². The Kier molecular flexibility index (Phi) is 12.4. The fourth-order valence-electron chi connectivity index (χ4n) is 8.16. The van der Waals surface area contributed by atoms with Crippen LogP contribution in [0.4, 0.5) is 0 Å². The van der Waals surface area contributed by atoms with Crippen LogP contribution in [0, 0.1) is 0 Å². The summed E-state index contributed by atoms with van der Waals surface area (Å²) in [7, 11) is 2.32. The van der Waals surface area contributed by atoms with Crippen LogP contribution in [0.3, 0.4) is 0 Å². The van der Waals surface area contributed by atoms with E-state index in [0.29, 0.717) is 6.61 Å². The van der Waals surface area contributed by atoms with Gasteiger partial charge in [-0.2, -0.15) is 0 Å². The number of rotatable bonds is 17. The van der Waals surface area contributed by atoms with Gasteiger partial charge in [-0.1, -0.05) is 24.3 Å². The molecule has 1 aliphatic heterocycles. The van der Waals surface area contributed by atoms with E-state index in [0.717, 1.165) is 152 Å². The molecule has 0 amide bonds. The highest BCUT2D eigenvalue weighted by Gasteiger charge is 2.20. The molecule has 0 radical (unpaired) electrons. The summed E-state index contributed by atoms with van der Waals surface area (Å²) >= 11 is 0. The van der Waals surface area contributed by atoms with Crippen LogP contribution in [0.25, 0.3) is 23.3 Å². The van der Waals surface area contributed by atoms with E-state index in [-0.39, 0.29) is 0 Å². The summed E-state index contributed by atoms with van der Waals surface area (Å²) in [5, 5.41) is 4.11. The topological polar surface area (TPSA) is 81.6 Å². The Morgan fingerprint density at radius 3 is 1.32 bits per heavy atom.